The predicted molar refractivity (Wildman–Crippen MR) is 96.5 cm³/mol. The Morgan fingerprint density at radius 2 is 1.88 bits per heavy atom. The molecule has 1 aromatic heterocycles. The second kappa shape index (κ2) is 7.09. The van der Waals surface area contributed by atoms with E-state index in [0.29, 0.717) is 10.6 Å². The molecule has 0 aliphatic rings. The number of hydrogen-bond donors (Lipinski definition) is 0. The maximum atomic E-state index is 12.6. The molecule has 0 radical (unpaired) electrons. The molecule has 0 aliphatic heterocycles. The number of halogens is 1. The van der Waals surface area contributed by atoms with Crippen LogP contribution in [0, 0.1) is 17.0 Å². The van der Waals surface area contributed by atoms with Gasteiger partial charge in [0.15, 0.2) is 0 Å². The molecule has 3 aromatic rings. The summed E-state index contributed by atoms with van der Waals surface area (Å²) in [4.78, 5) is 23.0. The van der Waals surface area contributed by atoms with Crippen molar-refractivity contribution in [2.75, 3.05) is 0 Å². The van der Waals surface area contributed by atoms with Crippen LogP contribution in [0.2, 0.25) is 5.02 Å². The van der Waals surface area contributed by atoms with Gasteiger partial charge in [0, 0.05) is 16.7 Å². The largest absolute Gasteiger partial charge is 0.364 e. The molecule has 26 heavy (non-hydrogen) atoms. The highest BCUT2D eigenvalue weighted by molar-refractivity contribution is 6.30. The number of nitrogens with zero attached hydrogens (tertiary/aromatic N) is 5. The van der Waals surface area contributed by atoms with Crippen LogP contribution in [-0.4, -0.2) is 24.7 Å². The molecule has 8 nitrogen and oxygen atoms in total. The van der Waals surface area contributed by atoms with Crippen LogP contribution in [0.25, 0.3) is 0 Å². The highest BCUT2D eigenvalue weighted by Crippen LogP contribution is 2.20. The third-order valence-electron chi connectivity index (χ3n) is 4.17. The number of aromatic nitrogens is 4. The monoisotopic (exact) mass is 373 g/mol. The molecule has 0 saturated heterocycles. The molecule has 1 atom stereocenters. The Bertz CT molecular complexity index is 1010. The molecule has 9 heteroatoms. The van der Waals surface area contributed by atoms with Crippen LogP contribution >= 0.6 is 11.6 Å². The van der Waals surface area contributed by atoms with E-state index >= 15 is 0 Å². The SMILES string of the molecule is Cc1cc(Cn2nnn(C(C)c3ccc(Cl)cc3)c2=O)ccc1[N+](=O)[O-]. The topological polar surface area (TPSA) is 95.8 Å². The summed E-state index contributed by atoms with van der Waals surface area (Å²) >= 11 is 5.89. The highest BCUT2D eigenvalue weighted by atomic mass is 35.5. The van der Waals surface area contributed by atoms with E-state index in [9.17, 15) is 14.9 Å². The van der Waals surface area contributed by atoms with Gasteiger partial charge in [0.1, 0.15) is 0 Å². The second-order valence-electron chi connectivity index (χ2n) is 5.97. The van der Waals surface area contributed by atoms with Crippen LogP contribution in [0.5, 0.6) is 0 Å². The van der Waals surface area contributed by atoms with Crippen LogP contribution in [-0.2, 0) is 6.54 Å². The fraction of sp³-hybridized carbons (Fsp3) is 0.235. The third kappa shape index (κ3) is 3.50. The fourth-order valence-electron chi connectivity index (χ4n) is 2.70. The molecule has 2 aromatic carbocycles. The molecule has 0 aliphatic carbocycles. The predicted octanol–water partition coefficient (Wildman–Crippen LogP) is 2.97. The van der Waals surface area contributed by atoms with E-state index in [2.05, 4.69) is 10.4 Å². The molecule has 1 unspecified atom stereocenters. The first-order chi connectivity index (χ1) is 12.4. The minimum Gasteiger partial charge on any atom is -0.258 e. The molecule has 0 saturated carbocycles. The van der Waals surface area contributed by atoms with E-state index in [1.54, 1.807) is 31.2 Å². The van der Waals surface area contributed by atoms with Gasteiger partial charge in [-0.3, -0.25) is 10.1 Å². The zero-order valence-corrected chi connectivity index (χ0v) is 14.9. The van der Waals surface area contributed by atoms with Gasteiger partial charge in [-0.15, -0.1) is 0 Å². The van der Waals surface area contributed by atoms with E-state index < -0.39 is 4.92 Å². The zero-order chi connectivity index (χ0) is 18.8. The molecule has 134 valence electrons. The summed E-state index contributed by atoms with van der Waals surface area (Å²) < 4.78 is 2.52. The van der Waals surface area contributed by atoms with Crippen molar-refractivity contribution in [1.82, 2.24) is 19.8 Å². The normalized spacial score (nSPS) is 12.1. The van der Waals surface area contributed by atoms with E-state index in [1.165, 1.54) is 15.4 Å². The van der Waals surface area contributed by atoms with Crippen molar-refractivity contribution in [2.45, 2.75) is 26.4 Å². The number of nitro benzene ring substituents is 1. The van der Waals surface area contributed by atoms with Gasteiger partial charge < -0.3 is 0 Å². The van der Waals surface area contributed by atoms with Crippen LogP contribution in [0.3, 0.4) is 0 Å². The molecule has 0 bridgehead atoms. The number of hydrogen-bond acceptors (Lipinski definition) is 5. The lowest BCUT2D eigenvalue weighted by atomic mass is 10.1. The van der Waals surface area contributed by atoms with Crippen LogP contribution in [0.4, 0.5) is 5.69 Å². The molecule has 0 amide bonds. The first-order valence-electron chi connectivity index (χ1n) is 7.88. The molecule has 3 rings (SSSR count). The maximum absolute atomic E-state index is 12.6. The quantitative estimate of drug-likeness (QED) is 0.506. The number of tetrazole rings is 1. The summed E-state index contributed by atoms with van der Waals surface area (Å²) in [7, 11) is 0. The second-order valence-corrected chi connectivity index (χ2v) is 6.41. The Kier molecular flexibility index (Phi) is 4.85. The molecule has 0 fully saturated rings. The molecule has 0 spiro atoms. The lowest BCUT2D eigenvalue weighted by Gasteiger charge is -2.10. The van der Waals surface area contributed by atoms with E-state index in [1.807, 2.05) is 19.1 Å². The van der Waals surface area contributed by atoms with Crippen molar-refractivity contribution >= 4 is 17.3 Å². The zero-order valence-electron chi connectivity index (χ0n) is 14.2. The van der Waals surface area contributed by atoms with Gasteiger partial charge in [-0.2, -0.15) is 9.36 Å². The molecule has 1 heterocycles. The average Bonchev–Trinajstić information content (AvgIpc) is 2.95. The first kappa shape index (κ1) is 17.8. The summed E-state index contributed by atoms with van der Waals surface area (Å²) in [6.07, 6.45) is 0. The van der Waals surface area contributed by atoms with Gasteiger partial charge in [0.05, 0.1) is 17.5 Å². The van der Waals surface area contributed by atoms with E-state index in [-0.39, 0.29) is 24.0 Å². The number of aryl methyl sites for hydroxylation is 1. The molecule has 0 N–H and O–H groups in total. The highest BCUT2D eigenvalue weighted by Gasteiger charge is 2.16. The Hall–Kier alpha value is -3.00. The Morgan fingerprint density at radius 1 is 1.19 bits per heavy atom. The summed E-state index contributed by atoms with van der Waals surface area (Å²) in [5.74, 6) is 0. The Balaban J connectivity index is 1.85. The van der Waals surface area contributed by atoms with Gasteiger partial charge in [-0.05, 0) is 53.6 Å². The fourth-order valence-corrected chi connectivity index (χ4v) is 2.83. The summed E-state index contributed by atoms with van der Waals surface area (Å²) in [6, 6.07) is 11.6. The van der Waals surface area contributed by atoms with Crippen molar-refractivity contribution < 1.29 is 4.92 Å². The van der Waals surface area contributed by atoms with E-state index in [0.717, 1.165) is 11.1 Å². The maximum Gasteiger partial charge on any atom is 0.364 e. The third-order valence-corrected chi connectivity index (χ3v) is 4.42. The lowest BCUT2D eigenvalue weighted by molar-refractivity contribution is -0.385. The molecular formula is C17H16ClN5O3. The van der Waals surface area contributed by atoms with Crippen molar-refractivity contribution in [3.8, 4) is 0 Å². The standard InChI is InChI=1S/C17H16ClN5O3/c1-11-9-13(3-8-16(11)23(25)26)10-21-17(24)22(20-19-21)12(2)14-4-6-15(18)7-5-14/h3-9,12H,10H2,1-2H3. The van der Waals surface area contributed by atoms with Crippen molar-refractivity contribution in [2.24, 2.45) is 0 Å². The van der Waals surface area contributed by atoms with Gasteiger partial charge in [-0.25, -0.2) is 4.79 Å². The van der Waals surface area contributed by atoms with Gasteiger partial charge >= 0.3 is 5.69 Å². The van der Waals surface area contributed by atoms with E-state index in [4.69, 9.17) is 11.6 Å². The lowest BCUT2D eigenvalue weighted by Crippen LogP contribution is -2.28. The van der Waals surface area contributed by atoms with Crippen molar-refractivity contribution in [1.29, 1.82) is 0 Å². The van der Waals surface area contributed by atoms with Gasteiger partial charge in [-0.1, -0.05) is 29.8 Å². The average molecular weight is 374 g/mol. The van der Waals surface area contributed by atoms with Crippen LogP contribution in [0.1, 0.15) is 29.7 Å². The van der Waals surface area contributed by atoms with Crippen molar-refractivity contribution in [3.05, 3.63) is 84.8 Å². The Labute approximate surface area is 153 Å². The number of rotatable bonds is 5. The van der Waals surface area contributed by atoms with Crippen molar-refractivity contribution in [3.63, 3.8) is 0 Å². The molecular weight excluding hydrogens is 358 g/mol. The van der Waals surface area contributed by atoms with Crippen LogP contribution < -0.4 is 5.69 Å². The minimum atomic E-state index is -0.435. The van der Waals surface area contributed by atoms with Crippen LogP contribution in [0.15, 0.2) is 47.3 Å². The van der Waals surface area contributed by atoms with Gasteiger partial charge in [0.2, 0.25) is 0 Å². The number of benzene rings is 2. The van der Waals surface area contributed by atoms with Gasteiger partial charge in [0.25, 0.3) is 5.69 Å². The smallest absolute Gasteiger partial charge is 0.258 e. The Morgan fingerprint density at radius 3 is 2.50 bits per heavy atom. The summed E-state index contributed by atoms with van der Waals surface area (Å²) in [5.41, 5.74) is 1.84. The summed E-state index contributed by atoms with van der Waals surface area (Å²) in [5, 5.41) is 19.4. The summed E-state index contributed by atoms with van der Waals surface area (Å²) in [6.45, 7) is 3.69. The minimum absolute atomic E-state index is 0.0427. The number of nitro groups is 1. The first-order valence-corrected chi connectivity index (χ1v) is 8.26.